The maximum atomic E-state index is 8.96. The van der Waals surface area contributed by atoms with Crippen molar-refractivity contribution in [2.75, 3.05) is 0 Å². The van der Waals surface area contributed by atoms with Crippen LogP contribution in [0.25, 0.3) is 0 Å². The number of phenols is 1. The Kier molecular flexibility index (Phi) is 1.18. The molecular weight excluding hydrogens is 114 g/mol. The molecule has 2 aliphatic carbocycles. The summed E-state index contributed by atoms with van der Waals surface area (Å²) in [6, 6.07) is 5.70. The molecule has 2 heteroatoms. The number of rotatable bonds is 0. The van der Waals surface area contributed by atoms with Crippen LogP contribution in [0.2, 0.25) is 0 Å². The Hall–Kier alpha value is -1.02. The van der Waals surface area contributed by atoms with Gasteiger partial charge in [-0.3, -0.25) is 0 Å². The first-order valence-electron chi connectivity index (χ1n) is 2.67. The van der Waals surface area contributed by atoms with Gasteiger partial charge in [-0.15, -0.1) is 0 Å². The van der Waals surface area contributed by atoms with E-state index in [1.807, 2.05) is 12.1 Å². The van der Waals surface area contributed by atoms with Gasteiger partial charge in [0.2, 0.25) is 0 Å². The Morgan fingerprint density at radius 2 is 2.00 bits per heavy atom. The van der Waals surface area contributed by atoms with E-state index in [-0.39, 0.29) is 6.15 Å². The van der Waals surface area contributed by atoms with Crippen LogP contribution in [0, 0.1) is 0 Å². The number of fused-ring (bicyclic) bond motifs is 2. The molecule has 2 bridgehead atoms. The van der Waals surface area contributed by atoms with E-state index < -0.39 is 0 Å². The minimum absolute atomic E-state index is 0. The van der Waals surface area contributed by atoms with Crippen LogP contribution in [0.4, 0.5) is 0 Å². The second-order valence-electron chi connectivity index (χ2n) is 2.14. The molecule has 48 valence electrons. The standard InChI is InChI=1S/C7H6O.H3N/c8-7-2-1-5-3-6(7)4-5;/h1-3,8H,4H2;1H3. The monoisotopic (exact) mass is 123 g/mol. The van der Waals surface area contributed by atoms with E-state index in [4.69, 9.17) is 5.11 Å². The van der Waals surface area contributed by atoms with E-state index in [1.54, 1.807) is 6.07 Å². The van der Waals surface area contributed by atoms with Gasteiger partial charge < -0.3 is 11.3 Å². The highest BCUT2D eigenvalue weighted by atomic mass is 16.3. The number of aromatic hydroxyl groups is 1. The third-order valence-corrected chi connectivity index (χ3v) is 1.54. The van der Waals surface area contributed by atoms with E-state index in [0.29, 0.717) is 5.75 Å². The van der Waals surface area contributed by atoms with Crippen molar-refractivity contribution in [1.29, 1.82) is 0 Å². The van der Waals surface area contributed by atoms with E-state index in [2.05, 4.69) is 0 Å². The van der Waals surface area contributed by atoms with Crippen molar-refractivity contribution < 1.29 is 5.11 Å². The summed E-state index contributed by atoms with van der Waals surface area (Å²) < 4.78 is 0. The smallest absolute Gasteiger partial charge is 0.119 e. The summed E-state index contributed by atoms with van der Waals surface area (Å²) in [5.41, 5.74) is 2.42. The van der Waals surface area contributed by atoms with Crippen LogP contribution in [-0.2, 0) is 6.42 Å². The normalized spacial score (nSPS) is 11.6. The summed E-state index contributed by atoms with van der Waals surface area (Å²) >= 11 is 0. The number of benzene rings is 1. The molecule has 0 atom stereocenters. The van der Waals surface area contributed by atoms with Crippen molar-refractivity contribution in [2.24, 2.45) is 0 Å². The predicted molar refractivity (Wildman–Crippen MR) is 35.9 cm³/mol. The van der Waals surface area contributed by atoms with Crippen molar-refractivity contribution in [3.05, 3.63) is 29.3 Å². The largest absolute Gasteiger partial charge is 0.508 e. The van der Waals surface area contributed by atoms with Crippen LogP contribution in [0.5, 0.6) is 5.75 Å². The van der Waals surface area contributed by atoms with Gasteiger partial charge in [0.05, 0.1) is 0 Å². The molecule has 0 radical (unpaired) electrons. The Labute approximate surface area is 53.7 Å². The zero-order valence-electron chi connectivity index (χ0n) is 5.09. The lowest BCUT2D eigenvalue weighted by atomic mass is 9.93. The molecule has 2 aliphatic rings. The van der Waals surface area contributed by atoms with E-state index >= 15 is 0 Å². The van der Waals surface area contributed by atoms with Crippen LogP contribution >= 0.6 is 0 Å². The molecule has 0 unspecified atom stereocenters. The van der Waals surface area contributed by atoms with E-state index in [1.165, 1.54) is 5.56 Å². The molecule has 4 N–H and O–H groups in total. The molecule has 0 saturated heterocycles. The molecule has 0 heterocycles. The summed E-state index contributed by atoms with van der Waals surface area (Å²) in [6.07, 6.45) is 0.975. The van der Waals surface area contributed by atoms with Crippen molar-refractivity contribution >= 4 is 0 Å². The topological polar surface area (TPSA) is 55.2 Å². The molecule has 0 spiro atoms. The maximum Gasteiger partial charge on any atom is 0.119 e. The number of hydrogen-bond acceptors (Lipinski definition) is 2. The molecule has 0 amide bonds. The molecule has 0 aliphatic heterocycles. The van der Waals surface area contributed by atoms with Gasteiger partial charge in [-0.2, -0.15) is 0 Å². The lowest BCUT2D eigenvalue weighted by Gasteiger charge is -2.14. The minimum atomic E-state index is 0. The van der Waals surface area contributed by atoms with Gasteiger partial charge in [0.1, 0.15) is 5.75 Å². The number of phenolic OH excluding ortho intramolecular Hbond substituents is 1. The Morgan fingerprint density at radius 3 is 2.22 bits per heavy atom. The molecule has 0 fully saturated rings. The highest BCUT2D eigenvalue weighted by Crippen LogP contribution is 2.29. The van der Waals surface area contributed by atoms with Crippen molar-refractivity contribution in [3.63, 3.8) is 0 Å². The predicted octanol–water partition coefficient (Wildman–Crippen LogP) is 1.46. The van der Waals surface area contributed by atoms with Crippen molar-refractivity contribution in [1.82, 2.24) is 6.15 Å². The lowest BCUT2D eigenvalue weighted by Crippen LogP contribution is -1.99. The highest BCUT2D eigenvalue weighted by molar-refractivity contribution is 5.46. The molecule has 0 saturated carbocycles. The van der Waals surface area contributed by atoms with Gasteiger partial charge in [-0.25, -0.2) is 0 Å². The zero-order chi connectivity index (χ0) is 5.56. The van der Waals surface area contributed by atoms with Gasteiger partial charge in [0.15, 0.2) is 0 Å². The quantitative estimate of drug-likeness (QED) is 0.557. The Balaban J connectivity index is 0.000000405. The first-order chi connectivity index (χ1) is 3.86. The van der Waals surface area contributed by atoms with Crippen molar-refractivity contribution in [2.45, 2.75) is 6.42 Å². The molecule has 0 aromatic heterocycles. The fraction of sp³-hybridized carbons (Fsp3) is 0.143. The minimum Gasteiger partial charge on any atom is -0.508 e. The Morgan fingerprint density at radius 1 is 1.33 bits per heavy atom. The summed E-state index contributed by atoms with van der Waals surface area (Å²) in [5.74, 6) is 0.444. The van der Waals surface area contributed by atoms with Gasteiger partial charge >= 0.3 is 0 Å². The van der Waals surface area contributed by atoms with Crippen LogP contribution in [-0.4, -0.2) is 5.11 Å². The van der Waals surface area contributed by atoms with Gasteiger partial charge in [0.25, 0.3) is 0 Å². The number of hydrogen-bond donors (Lipinski definition) is 2. The van der Waals surface area contributed by atoms with Gasteiger partial charge in [0, 0.05) is 6.42 Å². The molecule has 1 aromatic rings. The molecule has 1 aromatic carbocycles. The van der Waals surface area contributed by atoms with Crippen LogP contribution in [0.1, 0.15) is 11.1 Å². The third-order valence-electron chi connectivity index (χ3n) is 1.54. The summed E-state index contributed by atoms with van der Waals surface area (Å²) in [6.45, 7) is 0. The van der Waals surface area contributed by atoms with Gasteiger partial charge in [-0.05, 0) is 17.2 Å². The van der Waals surface area contributed by atoms with E-state index in [9.17, 15) is 0 Å². The van der Waals surface area contributed by atoms with Crippen LogP contribution in [0.3, 0.4) is 0 Å². The van der Waals surface area contributed by atoms with Gasteiger partial charge in [-0.1, -0.05) is 12.1 Å². The molecule has 2 nitrogen and oxygen atoms in total. The molecular formula is C7H9NO. The SMILES string of the molecule is N.Oc1ccc2cc1C2. The first kappa shape index (κ1) is 6.11. The summed E-state index contributed by atoms with van der Waals surface area (Å²) in [4.78, 5) is 0. The van der Waals surface area contributed by atoms with Crippen LogP contribution in [0.15, 0.2) is 18.2 Å². The molecule has 9 heavy (non-hydrogen) atoms. The maximum absolute atomic E-state index is 8.96. The average Bonchev–Trinajstić information content (AvgIpc) is 1.62. The lowest BCUT2D eigenvalue weighted by molar-refractivity contribution is 0.466. The fourth-order valence-corrected chi connectivity index (χ4v) is 0.979. The Bertz CT molecular complexity index is 223. The second-order valence-corrected chi connectivity index (χ2v) is 2.14. The average molecular weight is 123 g/mol. The second kappa shape index (κ2) is 1.74. The van der Waals surface area contributed by atoms with E-state index in [0.717, 1.165) is 12.0 Å². The van der Waals surface area contributed by atoms with Crippen LogP contribution < -0.4 is 6.15 Å². The summed E-state index contributed by atoms with van der Waals surface area (Å²) in [7, 11) is 0. The molecule has 3 rings (SSSR count). The third kappa shape index (κ3) is 0.678. The van der Waals surface area contributed by atoms with Crippen molar-refractivity contribution in [3.8, 4) is 5.75 Å². The zero-order valence-corrected chi connectivity index (χ0v) is 5.09. The summed E-state index contributed by atoms with van der Waals surface area (Å²) in [5, 5.41) is 8.96. The first-order valence-corrected chi connectivity index (χ1v) is 2.67. The fourth-order valence-electron chi connectivity index (χ4n) is 0.979. The highest BCUT2D eigenvalue weighted by Gasteiger charge is 2.11.